The molecule has 3 rings (SSSR count). The minimum atomic E-state index is 0.712. The van der Waals surface area contributed by atoms with Crippen LogP contribution in [0.3, 0.4) is 0 Å². The fraction of sp³-hybridized carbons (Fsp3) is 0.647. The molecule has 20 heavy (non-hydrogen) atoms. The molecule has 1 aromatic carbocycles. The predicted molar refractivity (Wildman–Crippen MR) is 82.0 cm³/mol. The van der Waals surface area contributed by atoms with Crippen LogP contribution in [0.5, 0.6) is 5.75 Å². The van der Waals surface area contributed by atoms with Crippen LogP contribution in [0, 0.1) is 0 Å². The van der Waals surface area contributed by atoms with Gasteiger partial charge >= 0.3 is 0 Å². The van der Waals surface area contributed by atoms with Crippen molar-refractivity contribution in [2.24, 2.45) is 0 Å². The predicted octanol–water partition coefficient (Wildman–Crippen LogP) is 2.80. The summed E-state index contributed by atoms with van der Waals surface area (Å²) in [6.07, 6.45) is 5.32. The van der Waals surface area contributed by atoms with Crippen LogP contribution < -0.4 is 10.1 Å². The van der Waals surface area contributed by atoms with Crippen molar-refractivity contribution in [3.63, 3.8) is 0 Å². The first-order chi connectivity index (χ1) is 9.76. The zero-order valence-corrected chi connectivity index (χ0v) is 12.6. The summed E-state index contributed by atoms with van der Waals surface area (Å²) in [6, 6.07) is 10.7. The fourth-order valence-corrected chi connectivity index (χ4v) is 3.72. The van der Waals surface area contributed by atoms with Crippen molar-refractivity contribution < 1.29 is 4.74 Å². The second kappa shape index (κ2) is 6.15. The normalized spacial score (nSPS) is 28.9. The van der Waals surface area contributed by atoms with Crippen molar-refractivity contribution in [2.75, 3.05) is 13.7 Å². The number of fused-ring (bicyclic) bond motifs is 2. The van der Waals surface area contributed by atoms with Crippen molar-refractivity contribution in [1.29, 1.82) is 0 Å². The Hall–Kier alpha value is -1.06. The van der Waals surface area contributed by atoms with Crippen molar-refractivity contribution >= 4 is 0 Å². The fourth-order valence-electron chi connectivity index (χ4n) is 3.72. The molecule has 1 N–H and O–H groups in total. The average molecular weight is 274 g/mol. The maximum absolute atomic E-state index is 5.74. The van der Waals surface area contributed by atoms with Crippen molar-refractivity contribution in [1.82, 2.24) is 10.2 Å². The molecule has 3 nitrogen and oxygen atoms in total. The Bertz CT molecular complexity index is 436. The summed E-state index contributed by atoms with van der Waals surface area (Å²) in [7, 11) is 2.26. The van der Waals surface area contributed by atoms with Crippen molar-refractivity contribution in [3.8, 4) is 5.75 Å². The average Bonchev–Trinajstić information content (AvgIpc) is 2.80. The van der Waals surface area contributed by atoms with Crippen LogP contribution >= 0.6 is 0 Å². The highest BCUT2D eigenvalue weighted by atomic mass is 16.5. The van der Waals surface area contributed by atoms with Gasteiger partial charge in [0.1, 0.15) is 5.75 Å². The van der Waals surface area contributed by atoms with Gasteiger partial charge in [0, 0.05) is 30.2 Å². The van der Waals surface area contributed by atoms with E-state index >= 15 is 0 Å². The molecule has 0 radical (unpaired) electrons. The summed E-state index contributed by atoms with van der Waals surface area (Å²) >= 11 is 0. The van der Waals surface area contributed by atoms with Gasteiger partial charge in [0.2, 0.25) is 0 Å². The Morgan fingerprint density at radius 3 is 2.60 bits per heavy atom. The van der Waals surface area contributed by atoms with E-state index in [-0.39, 0.29) is 0 Å². The molecule has 0 saturated carbocycles. The molecule has 2 aliphatic rings. The Balaban J connectivity index is 1.65. The van der Waals surface area contributed by atoms with E-state index in [1.807, 2.05) is 6.92 Å². The van der Waals surface area contributed by atoms with Gasteiger partial charge in [0.05, 0.1) is 6.61 Å². The molecule has 1 aromatic rings. The summed E-state index contributed by atoms with van der Waals surface area (Å²) in [4.78, 5) is 2.52. The minimum Gasteiger partial charge on any atom is -0.494 e. The Labute approximate surface area is 122 Å². The van der Waals surface area contributed by atoms with E-state index in [4.69, 9.17) is 4.74 Å². The number of nitrogens with zero attached hydrogens (tertiary/aromatic N) is 1. The minimum absolute atomic E-state index is 0.712. The van der Waals surface area contributed by atoms with Crippen LogP contribution in [0.15, 0.2) is 24.3 Å². The lowest BCUT2D eigenvalue weighted by atomic mass is 9.98. The molecule has 2 unspecified atom stereocenters. The number of hydrogen-bond donors (Lipinski definition) is 1. The maximum atomic E-state index is 5.74. The zero-order valence-electron chi connectivity index (χ0n) is 12.6. The number of benzene rings is 1. The summed E-state index contributed by atoms with van der Waals surface area (Å²) < 4.78 is 5.74. The number of piperidine rings is 1. The molecule has 0 aromatic heterocycles. The lowest BCUT2D eigenvalue weighted by molar-refractivity contribution is 0.164. The molecular formula is C17H26N2O. The third-order valence-corrected chi connectivity index (χ3v) is 4.76. The third-order valence-electron chi connectivity index (χ3n) is 4.76. The van der Waals surface area contributed by atoms with Gasteiger partial charge in [0.15, 0.2) is 0 Å². The van der Waals surface area contributed by atoms with Crippen molar-refractivity contribution in [2.45, 2.75) is 57.3 Å². The molecule has 2 fully saturated rings. The second-order valence-electron chi connectivity index (χ2n) is 6.22. The topological polar surface area (TPSA) is 24.5 Å². The van der Waals surface area contributed by atoms with E-state index in [0.717, 1.165) is 31.0 Å². The molecular weight excluding hydrogens is 248 g/mol. The van der Waals surface area contributed by atoms with Crippen molar-refractivity contribution in [3.05, 3.63) is 29.8 Å². The molecule has 110 valence electrons. The van der Waals surface area contributed by atoms with Crippen LogP contribution in [-0.4, -0.2) is 36.7 Å². The highest BCUT2D eigenvalue weighted by molar-refractivity contribution is 5.33. The van der Waals surface area contributed by atoms with E-state index in [1.165, 1.54) is 31.2 Å². The summed E-state index contributed by atoms with van der Waals surface area (Å²) in [5.41, 5.74) is 1.31. The van der Waals surface area contributed by atoms with E-state index in [0.29, 0.717) is 6.04 Å². The quantitative estimate of drug-likeness (QED) is 0.893. The lowest BCUT2D eigenvalue weighted by Gasteiger charge is -2.35. The molecule has 0 amide bonds. The number of ether oxygens (including phenoxy) is 1. The second-order valence-corrected chi connectivity index (χ2v) is 6.22. The number of hydrogen-bond acceptors (Lipinski definition) is 3. The van der Waals surface area contributed by atoms with Gasteiger partial charge in [0.25, 0.3) is 0 Å². The third kappa shape index (κ3) is 2.99. The van der Waals surface area contributed by atoms with Crippen LogP contribution in [0.2, 0.25) is 0 Å². The molecule has 2 bridgehead atoms. The maximum Gasteiger partial charge on any atom is 0.123 e. The zero-order chi connectivity index (χ0) is 13.9. The van der Waals surface area contributed by atoms with Crippen LogP contribution in [0.4, 0.5) is 0 Å². The highest BCUT2D eigenvalue weighted by Gasteiger charge is 2.35. The van der Waals surface area contributed by atoms with Crippen LogP contribution in [-0.2, 0) is 6.54 Å². The van der Waals surface area contributed by atoms with Crippen LogP contribution in [0.25, 0.3) is 0 Å². The van der Waals surface area contributed by atoms with Gasteiger partial charge < -0.3 is 10.1 Å². The van der Waals surface area contributed by atoms with Gasteiger partial charge in [-0.1, -0.05) is 18.2 Å². The van der Waals surface area contributed by atoms with E-state index in [9.17, 15) is 0 Å². The lowest BCUT2D eigenvalue weighted by Crippen LogP contribution is -2.46. The molecule has 3 heteroatoms. The number of para-hydroxylation sites is 1. The smallest absolute Gasteiger partial charge is 0.123 e. The first-order valence-corrected chi connectivity index (χ1v) is 7.93. The van der Waals surface area contributed by atoms with E-state index < -0.39 is 0 Å². The largest absolute Gasteiger partial charge is 0.494 e. The van der Waals surface area contributed by atoms with Gasteiger partial charge in [-0.05, 0) is 45.7 Å². The first-order valence-electron chi connectivity index (χ1n) is 7.93. The molecule has 2 heterocycles. The number of rotatable bonds is 5. The Kier molecular flexibility index (Phi) is 4.27. The monoisotopic (exact) mass is 274 g/mol. The number of nitrogens with one attached hydrogen (secondary N) is 1. The van der Waals surface area contributed by atoms with Gasteiger partial charge in [-0.3, -0.25) is 4.90 Å². The van der Waals surface area contributed by atoms with E-state index in [1.54, 1.807) is 0 Å². The van der Waals surface area contributed by atoms with Gasteiger partial charge in [-0.25, -0.2) is 0 Å². The molecule has 0 aliphatic carbocycles. The standard InChI is InChI=1S/C17H26N2O/c1-3-20-17-7-5-4-6-13(17)12-19(2)16-10-14-8-9-15(11-16)18-14/h4-7,14-16,18H,3,8-12H2,1-2H3. The van der Waals surface area contributed by atoms with E-state index in [2.05, 4.69) is 41.5 Å². The van der Waals surface area contributed by atoms with Gasteiger partial charge in [-0.15, -0.1) is 0 Å². The van der Waals surface area contributed by atoms with Crippen LogP contribution in [0.1, 0.15) is 38.2 Å². The SMILES string of the molecule is CCOc1ccccc1CN(C)C1CC2CCC(C1)N2. The Morgan fingerprint density at radius 2 is 1.90 bits per heavy atom. The first kappa shape index (κ1) is 13.9. The van der Waals surface area contributed by atoms with Gasteiger partial charge in [-0.2, -0.15) is 0 Å². The summed E-state index contributed by atoms with van der Waals surface area (Å²) in [5.74, 6) is 1.04. The molecule has 2 atom stereocenters. The highest BCUT2D eigenvalue weighted by Crippen LogP contribution is 2.30. The summed E-state index contributed by atoms with van der Waals surface area (Å²) in [5, 5.41) is 3.72. The Morgan fingerprint density at radius 1 is 1.20 bits per heavy atom. The summed E-state index contributed by atoms with van der Waals surface area (Å²) in [6.45, 7) is 3.77. The molecule has 2 aliphatic heterocycles. The molecule has 2 saturated heterocycles. The molecule has 0 spiro atoms.